The maximum absolute atomic E-state index is 13.1. The van der Waals surface area contributed by atoms with E-state index in [2.05, 4.69) is 21.9 Å². The van der Waals surface area contributed by atoms with Gasteiger partial charge in [0.25, 0.3) is 0 Å². The molecule has 3 aromatic rings. The van der Waals surface area contributed by atoms with Crippen LogP contribution in [0.25, 0.3) is 10.4 Å². The minimum Gasteiger partial charge on any atom is -0.508 e. The summed E-state index contributed by atoms with van der Waals surface area (Å²) in [7, 11) is -0.226. The number of anilines is 2. The Bertz CT molecular complexity index is 1180. The molecule has 0 bridgehead atoms. The summed E-state index contributed by atoms with van der Waals surface area (Å²) in [4.78, 5) is 10.4. The molecule has 2 aromatic heterocycles. The number of hydrogen-bond donors (Lipinski definition) is 3. The Balaban J connectivity index is 1.56. The Morgan fingerprint density at radius 2 is 2.09 bits per heavy atom. The first-order valence-corrected chi connectivity index (χ1v) is 13.2. The van der Waals surface area contributed by atoms with E-state index in [9.17, 15) is 9.32 Å². The maximum atomic E-state index is 13.1. The summed E-state index contributed by atoms with van der Waals surface area (Å²) in [5.41, 5.74) is 2.09. The summed E-state index contributed by atoms with van der Waals surface area (Å²) in [6.45, 7) is 5.74. The largest absolute Gasteiger partial charge is 0.508 e. The summed E-state index contributed by atoms with van der Waals surface area (Å²) in [6.07, 6.45) is 3.78. The normalized spacial score (nSPS) is 16.1. The molecular formula is C23H27ClN4O4S2. The van der Waals surface area contributed by atoms with E-state index < -0.39 is 11.0 Å². The van der Waals surface area contributed by atoms with Crippen molar-refractivity contribution in [3.8, 4) is 22.1 Å². The van der Waals surface area contributed by atoms with Crippen LogP contribution in [-0.2, 0) is 15.7 Å². The Morgan fingerprint density at radius 3 is 2.79 bits per heavy atom. The van der Waals surface area contributed by atoms with Crippen LogP contribution in [0, 0.1) is 12.8 Å². The lowest BCUT2D eigenvalue weighted by Crippen LogP contribution is -2.30. The quantitative estimate of drug-likeness (QED) is 0.347. The average molecular weight is 523 g/mol. The van der Waals surface area contributed by atoms with Gasteiger partial charge in [0.05, 0.1) is 28.4 Å². The van der Waals surface area contributed by atoms with Crippen LogP contribution in [0.4, 0.5) is 10.8 Å². The predicted octanol–water partition coefficient (Wildman–Crippen LogP) is 5.24. The number of aromatic hydroxyl groups is 1. The van der Waals surface area contributed by atoms with E-state index in [0.717, 1.165) is 47.3 Å². The van der Waals surface area contributed by atoms with Crippen LogP contribution in [0.2, 0.25) is 5.02 Å². The predicted molar refractivity (Wildman–Crippen MR) is 136 cm³/mol. The van der Waals surface area contributed by atoms with Crippen LogP contribution in [-0.4, -0.2) is 45.6 Å². The summed E-state index contributed by atoms with van der Waals surface area (Å²) in [6, 6.07) is 6.48. The molecule has 1 aromatic carbocycles. The number of aromatic nitrogens is 2. The number of rotatable bonds is 8. The number of hydrogen-bond acceptors (Lipinski definition) is 8. The molecule has 0 spiro atoms. The smallest absolute Gasteiger partial charge is 0.231 e. The number of pyridine rings is 1. The van der Waals surface area contributed by atoms with Gasteiger partial charge in [-0.25, -0.2) is 14.2 Å². The number of nitrogens with one attached hydrogen (secondary N) is 2. The highest BCUT2D eigenvalue weighted by molar-refractivity contribution is 7.86. The number of phenols is 1. The summed E-state index contributed by atoms with van der Waals surface area (Å²) < 4.78 is 26.8. The zero-order valence-corrected chi connectivity index (χ0v) is 21.5. The molecule has 34 heavy (non-hydrogen) atoms. The van der Waals surface area contributed by atoms with E-state index in [0.29, 0.717) is 22.5 Å². The number of thiazole rings is 1. The number of halogens is 1. The van der Waals surface area contributed by atoms with Gasteiger partial charge in [0.2, 0.25) is 5.88 Å². The van der Waals surface area contributed by atoms with Crippen molar-refractivity contribution < 1.29 is 18.8 Å². The minimum absolute atomic E-state index is 0.0267. The lowest BCUT2D eigenvalue weighted by molar-refractivity contribution is 0.0622. The summed E-state index contributed by atoms with van der Waals surface area (Å²) in [5, 5.41) is 14.2. The average Bonchev–Trinajstić information content (AvgIpc) is 3.20. The number of nitrogens with zero attached hydrogens (tertiary/aromatic N) is 2. The molecule has 11 heteroatoms. The zero-order chi connectivity index (χ0) is 24.2. The molecule has 1 fully saturated rings. The van der Waals surface area contributed by atoms with Gasteiger partial charge in [-0.15, -0.1) is 0 Å². The molecule has 182 valence electrons. The van der Waals surface area contributed by atoms with E-state index >= 15 is 0 Å². The molecule has 0 amide bonds. The van der Waals surface area contributed by atoms with Gasteiger partial charge < -0.3 is 19.9 Å². The van der Waals surface area contributed by atoms with E-state index in [4.69, 9.17) is 26.1 Å². The highest BCUT2D eigenvalue weighted by atomic mass is 35.5. The van der Waals surface area contributed by atoms with Crippen molar-refractivity contribution >= 4 is 44.7 Å². The van der Waals surface area contributed by atoms with Gasteiger partial charge in [-0.1, -0.05) is 22.9 Å². The van der Waals surface area contributed by atoms with Crippen LogP contribution >= 0.6 is 22.9 Å². The van der Waals surface area contributed by atoms with Crippen LogP contribution < -0.4 is 14.8 Å². The topological polar surface area (TPSA) is 106 Å². The highest BCUT2D eigenvalue weighted by Gasteiger charge is 2.23. The van der Waals surface area contributed by atoms with Gasteiger partial charge in [-0.2, -0.15) is 0 Å². The minimum atomic E-state index is -1.71. The molecule has 1 aliphatic rings. The maximum Gasteiger partial charge on any atom is 0.231 e. The van der Waals surface area contributed by atoms with E-state index in [-0.39, 0.29) is 16.7 Å². The lowest BCUT2D eigenvalue weighted by Gasteiger charge is -2.28. The number of phenolic OH excluding ortho intramolecular Hbond substituents is 1. The number of ether oxygens (including phenoxy) is 2. The summed E-state index contributed by atoms with van der Waals surface area (Å²) >= 11 is 7.70. The van der Waals surface area contributed by atoms with Crippen molar-refractivity contribution in [2.24, 2.45) is 5.92 Å². The molecular weight excluding hydrogens is 496 g/mol. The fourth-order valence-corrected chi connectivity index (χ4v) is 6.18. The first kappa shape index (κ1) is 24.7. The van der Waals surface area contributed by atoms with E-state index in [1.807, 2.05) is 6.92 Å². The number of aryl methyl sites for hydroxylation is 1. The molecule has 1 aliphatic heterocycles. The van der Waals surface area contributed by atoms with Crippen molar-refractivity contribution in [1.29, 1.82) is 0 Å². The molecule has 4 rings (SSSR count). The third kappa shape index (κ3) is 5.63. The third-order valence-corrected chi connectivity index (χ3v) is 8.30. The first-order chi connectivity index (χ1) is 16.4. The van der Waals surface area contributed by atoms with E-state index in [1.54, 1.807) is 29.7 Å². The molecule has 3 N–H and O–H groups in total. The molecule has 0 aliphatic carbocycles. The second-order valence-corrected chi connectivity index (χ2v) is 10.7. The molecule has 1 saturated heterocycles. The van der Waals surface area contributed by atoms with Crippen molar-refractivity contribution in [3.05, 3.63) is 41.2 Å². The highest BCUT2D eigenvalue weighted by Crippen LogP contribution is 2.36. The van der Waals surface area contributed by atoms with Crippen molar-refractivity contribution in [1.82, 2.24) is 9.97 Å². The fourth-order valence-electron chi connectivity index (χ4n) is 3.84. The first-order valence-electron chi connectivity index (χ1n) is 10.9. The van der Waals surface area contributed by atoms with Crippen LogP contribution in [0.5, 0.6) is 11.6 Å². The van der Waals surface area contributed by atoms with E-state index in [1.165, 1.54) is 19.2 Å². The van der Waals surface area contributed by atoms with Crippen molar-refractivity contribution in [3.63, 3.8) is 0 Å². The van der Waals surface area contributed by atoms with Gasteiger partial charge >= 0.3 is 0 Å². The Morgan fingerprint density at radius 1 is 1.32 bits per heavy atom. The second-order valence-electron chi connectivity index (χ2n) is 8.08. The summed E-state index contributed by atoms with van der Waals surface area (Å²) in [5.74, 6) is 0.827. The van der Waals surface area contributed by atoms with Gasteiger partial charge in [-0.3, -0.25) is 4.72 Å². The van der Waals surface area contributed by atoms with Gasteiger partial charge in [-0.05, 0) is 50.8 Å². The molecule has 3 heterocycles. The molecule has 0 saturated carbocycles. The fraction of sp³-hybridized carbons (Fsp3) is 0.391. The molecule has 8 nitrogen and oxygen atoms in total. The molecule has 2 atom stereocenters. The lowest BCUT2D eigenvalue weighted by atomic mass is 9.93. The van der Waals surface area contributed by atoms with Gasteiger partial charge in [0.15, 0.2) is 16.1 Å². The van der Waals surface area contributed by atoms with Gasteiger partial charge in [0, 0.05) is 37.1 Å². The van der Waals surface area contributed by atoms with Crippen molar-refractivity contribution in [2.45, 2.75) is 37.6 Å². The Labute approximate surface area is 210 Å². The number of methoxy groups -OCH3 is 1. The molecule has 2 unspecified atom stereocenters. The molecule has 0 radical (unpaired) electrons. The standard InChI is InChI=1S/C23H27ClN4O4S2/c1-13(15-6-8-32-9-7-15)26-23-27-14(2)21(33-23)16-10-20(22(31-3)25-12-16)34(30)28-19-5-4-17(29)11-18(19)24/h4-5,10-13,15,28-29H,6-9H2,1-3H3,(H,26,27). The van der Waals surface area contributed by atoms with Gasteiger partial charge in [0.1, 0.15) is 10.6 Å². The van der Waals surface area contributed by atoms with Crippen LogP contribution in [0.3, 0.4) is 0 Å². The Hall–Kier alpha value is -2.40. The van der Waals surface area contributed by atoms with Crippen molar-refractivity contribution in [2.75, 3.05) is 30.4 Å². The van der Waals surface area contributed by atoms with Crippen LogP contribution in [0.1, 0.15) is 25.5 Å². The number of benzene rings is 1. The Kier molecular flexibility index (Phi) is 7.92. The monoisotopic (exact) mass is 522 g/mol. The zero-order valence-electron chi connectivity index (χ0n) is 19.1. The second kappa shape index (κ2) is 10.9. The van der Waals surface area contributed by atoms with Crippen LogP contribution in [0.15, 0.2) is 35.4 Å². The SMILES string of the molecule is COc1ncc(-c2sc(NC(C)C3CCOCC3)nc2C)cc1S(=O)Nc1ccc(O)cc1Cl. The third-order valence-electron chi connectivity index (χ3n) is 5.75.